The third-order valence-corrected chi connectivity index (χ3v) is 6.70. The fourth-order valence-corrected chi connectivity index (χ4v) is 5.02. The first-order chi connectivity index (χ1) is 12.9. The number of hydrogen-bond donors (Lipinski definition) is 1. The molecule has 1 aromatic carbocycles. The molecule has 2 nitrogen and oxygen atoms in total. The van der Waals surface area contributed by atoms with Gasteiger partial charge < -0.3 is 9.84 Å². The SMILES string of the molecule is CCCCCC(C)CCc1cc(O)c2c(c1)OC(C)(C)C1=C2C(CC)CC1. The van der Waals surface area contributed by atoms with Crippen LogP contribution in [0.15, 0.2) is 17.7 Å². The van der Waals surface area contributed by atoms with Crippen molar-refractivity contribution in [3.05, 3.63) is 28.8 Å². The van der Waals surface area contributed by atoms with Crippen LogP contribution in [0.4, 0.5) is 0 Å². The molecule has 27 heavy (non-hydrogen) atoms. The van der Waals surface area contributed by atoms with Crippen molar-refractivity contribution in [3.63, 3.8) is 0 Å². The second-order valence-corrected chi connectivity index (χ2v) is 9.28. The second kappa shape index (κ2) is 8.29. The summed E-state index contributed by atoms with van der Waals surface area (Å²) < 4.78 is 6.42. The predicted molar refractivity (Wildman–Crippen MR) is 114 cm³/mol. The molecular weight excluding hydrogens is 332 g/mol. The molecule has 0 spiro atoms. The van der Waals surface area contributed by atoms with Gasteiger partial charge in [0.1, 0.15) is 17.1 Å². The van der Waals surface area contributed by atoms with Gasteiger partial charge in [-0.15, -0.1) is 0 Å². The number of allylic oxidation sites excluding steroid dienone is 1. The van der Waals surface area contributed by atoms with E-state index in [1.165, 1.54) is 55.2 Å². The number of ether oxygens (including phenoxy) is 1. The summed E-state index contributed by atoms with van der Waals surface area (Å²) in [7, 11) is 0. The predicted octanol–water partition coefficient (Wildman–Crippen LogP) is 7.29. The van der Waals surface area contributed by atoms with Crippen LogP contribution in [-0.4, -0.2) is 10.7 Å². The maximum atomic E-state index is 10.9. The summed E-state index contributed by atoms with van der Waals surface area (Å²) in [4.78, 5) is 0. The van der Waals surface area contributed by atoms with Crippen LogP contribution < -0.4 is 4.74 Å². The third kappa shape index (κ3) is 4.20. The average molecular weight is 371 g/mol. The zero-order valence-electron chi connectivity index (χ0n) is 18.0. The highest BCUT2D eigenvalue weighted by molar-refractivity contribution is 5.83. The van der Waals surface area contributed by atoms with E-state index in [9.17, 15) is 5.11 Å². The lowest BCUT2D eigenvalue weighted by Crippen LogP contribution is -2.34. The lowest BCUT2D eigenvalue weighted by molar-refractivity contribution is 0.141. The van der Waals surface area contributed by atoms with Gasteiger partial charge in [-0.05, 0) is 86.6 Å². The minimum atomic E-state index is -0.259. The maximum Gasteiger partial charge on any atom is 0.132 e. The Bertz CT molecular complexity index is 699. The largest absolute Gasteiger partial charge is 0.507 e. The van der Waals surface area contributed by atoms with E-state index in [0.717, 1.165) is 36.5 Å². The quantitative estimate of drug-likeness (QED) is 0.487. The average Bonchev–Trinajstić information content (AvgIpc) is 3.04. The Morgan fingerprint density at radius 1 is 1.19 bits per heavy atom. The van der Waals surface area contributed by atoms with Gasteiger partial charge in [-0.3, -0.25) is 0 Å². The van der Waals surface area contributed by atoms with Crippen molar-refractivity contribution in [2.45, 2.75) is 98.0 Å². The monoisotopic (exact) mass is 370 g/mol. The molecule has 2 atom stereocenters. The molecule has 0 aromatic heterocycles. The zero-order valence-corrected chi connectivity index (χ0v) is 18.0. The van der Waals surface area contributed by atoms with E-state index in [0.29, 0.717) is 11.7 Å². The molecule has 2 aliphatic rings. The van der Waals surface area contributed by atoms with E-state index in [4.69, 9.17) is 4.74 Å². The molecular formula is C25H38O2. The molecule has 0 amide bonds. The fraction of sp³-hybridized carbons (Fsp3) is 0.680. The van der Waals surface area contributed by atoms with Crippen LogP contribution in [0, 0.1) is 11.8 Å². The second-order valence-electron chi connectivity index (χ2n) is 9.28. The Balaban J connectivity index is 1.81. The highest BCUT2D eigenvalue weighted by atomic mass is 16.5. The van der Waals surface area contributed by atoms with Gasteiger partial charge in [0, 0.05) is 0 Å². The van der Waals surface area contributed by atoms with Crippen LogP contribution >= 0.6 is 0 Å². The van der Waals surface area contributed by atoms with Crippen molar-refractivity contribution in [2.24, 2.45) is 11.8 Å². The molecule has 0 fully saturated rings. The van der Waals surface area contributed by atoms with Gasteiger partial charge in [0.15, 0.2) is 0 Å². The molecule has 0 radical (unpaired) electrons. The maximum absolute atomic E-state index is 10.9. The lowest BCUT2D eigenvalue weighted by Gasteiger charge is -2.36. The number of aryl methyl sites for hydroxylation is 1. The first kappa shape index (κ1) is 20.3. The van der Waals surface area contributed by atoms with Gasteiger partial charge >= 0.3 is 0 Å². The van der Waals surface area contributed by atoms with Crippen LogP contribution in [0.2, 0.25) is 0 Å². The van der Waals surface area contributed by atoms with Gasteiger partial charge in [-0.25, -0.2) is 0 Å². The van der Waals surface area contributed by atoms with Crippen molar-refractivity contribution in [1.82, 2.24) is 0 Å². The minimum absolute atomic E-state index is 0.259. The minimum Gasteiger partial charge on any atom is -0.507 e. The van der Waals surface area contributed by atoms with Crippen LogP contribution in [0.3, 0.4) is 0 Å². The number of benzene rings is 1. The van der Waals surface area contributed by atoms with Gasteiger partial charge in [0.25, 0.3) is 0 Å². The molecule has 1 aliphatic heterocycles. The summed E-state index contributed by atoms with van der Waals surface area (Å²) in [6.45, 7) is 11.2. The van der Waals surface area contributed by atoms with E-state index < -0.39 is 0 Å². The van der Waals surface area contributed by atoms with Crippen molar-refractivity contribution in [2.75, 3.05) is 0 Å². The lowest BCUT2D eigenvalue weighted by atomic mass is 9.83. The molecule has 2 heteroatoms. The summed E-state index contributed by atoms with van der Waals surface area (Å²) in [6.07, 6.45) is 10.9. The first-order valence-corrected chi connectivity index (χ1v) is 11.2. The highest BCUT2D eigenvalue weighted by Gasteiger charge is 2.41. The van der Waals surface area contributed by atoms with Gasteiger partial charge in [-0.2, -0.15) is 0 Å². The van der Waals surface area contributed by atoms with Crippen LogP contribution in [0.5, 0.6) is 11.5 Å². The van der Waals surface area contributed by atoms with E-state index in [2.05, 4.69) is 40.7 Å². The van der Waals surface area contributed by atoms with Crippen LogP contribution in [0.25, 0.3) is 5.57 Å². The van der Waals surface area contributed by atoms with Gasteiger partial charge in [0.05, 0.1) is 5.56 Å². The molecule has 150 valence electrons. The van der Waals surface area contributed by atoms with Crippen LogP contribution in [-0.2, 0) is 6.42 Å². The molecule has 0 bridgehead atoms. The van der Waals surface area contributed by atoms with Crippen molar-refractivity contribution >= 4 is 5.57 Å². The van der Waals surface area contributed by atoms with Gasteiger partial charge in [-0.1, -0.05) is 46.5 Å². The fourth-order valence-electron chi connectivity index (χ4n) is 5.02. The summed E-state index contributed by atoms with van der Waals surface area (Å²) in [5.41, 5.74) is 4.70. The summed E-state index contributed by atoms with van der Waals surface area (Å²) in [5.74, 6) is 2.61. The Morgan fingerprint density at radius 2 is 1.96 bits per heavy atom. The van der Waals surface area contributed by atoms with Crippen molar-refractivity contribution in [3.8, 4) is 11.5 Å². The van der Waals surface area contributed by atoms with Gasteiger partial charge in [0.2, 0.25) is 0 Å². The number of rotatable bonds is 8. The van der Waals surface area contributed by atoms with Crippen LogP contribution in [0.1, 0.15) is 97.1 Å². The number of fused-ring (bicyclic) bond motifs is 2. The Hall–Kier alpha value is -1.44. The molecule has 3 rings (SSSR count). The zero-order chi connectivity index (χ0) is 19.6. The van der Waals surface area contributed by atoms with E-state index in [-0.39, 0.29) is 5.60 Å². The number of phenols is 1. The summed E-state index contributed by atoms with van der Waals surface area (Å²) in [6, 6.07) is 4.19. The molecule has 2 unspecified atom stereocenters. The molecule has 0 saturated carbocycles. The molecule has 1 heterocycles. The van der Waals surface area contributed by atoms with E-state index >= 15 is 0 Å². The smallest absolute Gasteiger partial charge is 0.132 e. The summed E-state index contributed by atoms with van der Waals surface area (Å²) >= 11 is 0. The number of unbranched alkanes of at least 4 members (excludes halogenated alkanes) is 2. The molecule has 0 saturated heterocycles. The van der Waals surface area contributed by atoms with Crippen molar-refractivity contribution < 1.29 is 9.84 Å². The summed E-state index contributed by atoms with van der Waals surface area (Å²) in [5, 5.41) is 10.9. The normalized spacial score (nSPS) is 21.6. The topological polar surface area (TPSA) is 29.5 Å². The standard InChI is InChI=1S/C25H38O2/c1-6-8-9-10-17(3)11-12-18-15-21(26)24-22(16-18)27-25(4,5)20-14-13-19(7-2)23(20)24/h15-17,19,26H,6-14H2,1-5H3. The van der Waals surface area contributed by atoms with Crippen molar-refractivity contribution in [1.29, 1.82) is 0 Å². The highest BCUT2D eigenvalue weighted by Crippen LogP contribution is 2.54. The molecule has 1 aromatic rings. The molecule has 1 N–H and O–H groups in total. The molecule has 1 aliphatic carbocycles. The van der Waals surface area contributed by atoms with E-state index in [1.807, 2.05) is 6.07 Å². The number of hydrogen-bond acceptors (Lipinski definition) is 2. The van der Waals surface area contributed by atoms with E-state index in [1.54, 1.807) is 0 Å². The Labute approximate surface area is 166 Å². The Morgan fingerprint density at radius 3 is 2.67 bits per heavy atom. The number of phenolic OH excluding ortho intramolecular Hbond substituents is 1. The third-order valence-electron chi connectivity index (χ3n) is 6.70. The Kier molecular flexibility index (Phi) is 6.23. The first-order valence-electron chi connectivity index (χ1n) is 11.2. The number of aromatic hydroxyl groups is 1.